The summed E-state index contributed by atoms with van der Waals surface area (Å²) in [4.78, 5) is 40.9. The van der Waals surface area contributed by atoms with Crippen molar-refractivity contribution in [2.45, 2.75) is 19.9 Å². The van der Waals surface area contributed by atoms with Gasteiger partial charge in [-0.1, -0.05) is 6.07 Å². The van der Waals surface area contributed by atoms with E-state index < -0.39 is 16.8 Å². The number of carbonyl (C=O) groups is 2. The molecule has 0 radical (unpaired) electrons. The third-order valence-corrected chi connectivity index (χ3v) is 3.88. The molecular formula is C19H21N3O6. The van der Waals surface area contributed by atoms with Gasteiger partial charge in [0, 0.05) is 24.4 Å². The van der Waals surface area contributed by atoms with Gasteiger partial charge in [-0.05, 0) is 31.2 Å². The van der Waals surface area contributed by atoms with E-state index in [0.29, 0.717) is 5.69 Å². The second kappa shape index (κ2) is 10.0. The number of methoxy groups -OCH3 is 1. The van der Waals surface area contributed by atoms with Crippen LogP contribution in [0.2, 0.25) is 0 Å². The van der Waals surface area contributed by atoms with Gasteiger partial charge in [0.05, 0.1) is 37.3 Å². The van der Waals surface area contributed by atoms with E-state index in [9.17, 15) is 19.7 Å². The molecule has 2 aromatic rings. The van der Waals surface area contributed by atoms with Crippen molar-refractivity contribution in [3.8, 4) is 5.75 Å². The summed E-state index contributed by atoms with van der Waals surface area (Å²) in [5, 5.41) is 11.2. The Morgan fingerprint density at radius 3 is 2.64 bits per heavy atom. The Bertz CT molecular complexity index is 841. The molecule has 0 aliphatic heterocycles. The van der Waals surface area contributed by atoms with Crippen molar-refractivity contribution >= 4 is 17.6 Å². The number of nitro benzene ring substituents is 1. The molecule has 9 nitrogen and oxygen atoms in total. The quantitative estimate of drug-likeness (QED) is 0.369. The van der Waals surface area contributed by atoms with Crippen LogP contribution in [0.25, 0.3) is 0 Å². The lowest BCUT2D eigenvalue weighted by molar-refractivity contribution is -0.385. The molecule has 1 aromatic heterocycles. The first kappa shape index (κ1) is 20.8. The van der Waals surface area contributed by atoms with E-state index in [1.165, 1.54) is 24.1 Å². The topological polar surface area (TPSA) is 112 Å². The molecule has 0 fully saturated rings. The second-order valence-electron chi connectivity index (χ2n) is 5.75. The third kappa shape index (κ3) is 5.50. The van der Waals surface area contributed by atoms with Crippen molar-refractivity contribution in [1.82, 2.24) is 9.88 Å². The third-order valence-electron chi connectivity index (χ3n) is 3.88. The Hall–Kier alpha value is -3.49. The molecule has 1 amide bonds. The van der Waals surface area contributed by atoms with E-state index in [2.05, 4.69) is 4.98 Å². The number of ether oxygens (including phenoxy) is 2. The Kier molecular flexibility index (Phi) is 7.44. The zero-order valence-corrected chi connectivity index (χ0v) is 15.7. The molecule has 0 aliphatic rings. The standard InChI is InChI=1S/C19H21N3O6/c1-3-28-18(23)9-11-21(13-15-6-4-5-10-20-15)19(24)14-7-8-17(27-2)16(12-14)22(25)26/h4-8,10,12H,3,9,11,13H2,1-2H3. The minimum absolute atomic E-state index is 0.00462. The molecule has 1 heterocycles. The average molecular weight is 387 g/mol. The summed E-state index contributed by atoms with van der Waals surface area (Å²) in [5.41, 5.74) is 0.437. The first-order valence-corrected chi connectivity index (χ1v) is 8.63. The molecule has 0 aliphatic carbocycles. The van der Waals surface area contributed by atoms with Crippen LogP contribution in [0.5, 0.6) is 5.75 Å². The summed E-state index contributed by atoms with van der Waals surface area (Å²) in [7, 11) is 1.32. The predicted molar refractivity (Wildman–Crippen MR) is 99.9 cm³/mol. The number of hydrogen-bond acceptors (Lipinski definition) is 7. The number of aromatic nitrogens is 1. The number of pyridine rings is 1. The molecule has 0 saturated carbocycles. The second-order valence-corrected chi connectivity index (χ2v) is 5.75. The van der Waals surface area contributed by atoms with E-state index >= 15 is 0 Å². The van der Waals surface area contributed by atoms with Crippen LogP contribution in [-0.4, -0.2) is 46.9 Å². The van der Waals surface area contributed by atoms with Gasteiger partial charge in [0.25, 0.3) is 5.91 Å². The molecule has 9 heteroatoms. The van der Waals surface area contributed by atoms with Gasteiger partial charge in [-0.2, -0.15) is 0 Å². The fraction of sp³-hybridized carbons (Fsp3) is 0.316. The van der Waals surface area contributed by atoms with Crippen LogP contribution in [0.4, 0.5) is 5.69 Å². The molecule has 28 heavy (non-hydrogen) atoms. The van der Waals surface area contributed by atoms with E-state index in [0.717, 1.165) is 6.07 Å². The number of amides is 1. The van der Waals surface area contributed by atoms with Crippen molar-refractivity contribution in [3.63, 3.8) is 0 Å². The monoisotopic (exact) mass is 387 g/mol. The van der Waals surface area contributed by atoms with Crippen molar-refractivity contribution in [1.29, 1.82) is 0 Å². The number of nitro groups is 1. The minimum Gasteiger partial charge on any atom is -0.490 e. The molecule has 0 N–H and O–H groups in total. The van der Waals surface area contributed by atoms with E-state index in [1.807, 2.05) is 0 Å². The maximum absolute atomic E-state index is 13.0. The Morgan fingerprint density at radius 1 is 1.25 bits per heavy atom. The number of benzene rings is 1. The summed E-state index contributed by atoms with van der Waals surface area (Å²) in [5.74, 6) is -0.827. The Balaban J connectivity index is 2.27. The molecule has 0 saturated heterocycles. The fourth-order valence-electron chi connectivity index (χ4n) is 2.55. The number of carbonyl (C=O) groups excluding carboxylic acids is 2. The Morgan fingerprint density at radius 2 is 2.04 bits per heavy atom. The maximum Gasteiger partial charge on any atom is 0.311 e. The van der Waals surface area contributed by atoms with Crippen LogP contribution in [0.15, 0.2) is 42.6 Å². The molecule has 0 bridgehead atoms. The molecular weight excluding hydrogens is 366 g/mol. The zero-order chi connectivity index (χ0) is 20.5. The number of nitrogens with zero attached hydrogens (tertiary/aromatic N) is 3. The van der Waals surface area contributed by atoms with Gasteiger partial charge in [-0.15, -0.1) is 0 Å². The van der Waals surface area contributed by atoms with Gasteiger partial charge in [-0.3, -0.25) is 24.7 Å². The summed E-state index contributed by atoms with van der Waals surface area (Å²) in [6.45, 7) is 2.19. The lowest BCUT2D eigenvalue weighted by Gasteiger charge is -2.22. The number of hydrogen-bond donors (Lipinski definition) is 0. The highest BCUT2D eigenvalue weighted by molar-refractivity contribution is 5.95. The van der Waals surface area contributed by atoms with Crippen LogP contribution < -0.4 is 4.74 Å². The average Bonchev–Trinajstić information content (AvgIpc) is 2.71. The molecule has 0 atom stereocenters. The van der Waals surface area contributed by atoms with E-state index in [1.54, 1.807) is 31.3 Å². The van der Waals surface area contributed by atoms with Crippen LogP contribution in [0.1, 0.15) is 29.4 Å². The maximum atomic E-state index is 13.0. The minimum atomic E-state index is -0.614. The smallest absolute Gasteiger partial charge is 0.311 e. The first-order valence-electron chi connectivity index (χ1n) is 8.63. The normalized spacial score (nSPS) is 10.2. The SMILES string of the molecule is CCOC(=O)CCN(Cc1ccccn1)C(=O)c1ccc(OC)c([N+](=O)[O-])c1. The van der Waals surface area contributed by atoms with E-state index in [-0.39, 0.29) is 43.1 Å². The molecule has 1 aromatic carbocycles. The van der Waals surface area contributed by atoms with Gasteiger partial charge in [-0.25, -0.2) is 0 Å². The van der Waals surface area contributed by atoms with Gasteiger partial charge >= 0.3 is 11.7 Å². The summed E-state index contributed by atoms with van der Waals surface area (Å²) >= 11 is 0. The van der Waals surface area contributed by atoms with Crippen molar-refractivity contribution < 1.29 is 24.0 Å². The zero-order valence-electron chi connectivity index (χ0n) is 15.7. The van der Waals surface area contributed by atoms with Gasteiger partial charge in [0.2, 0.25) is 0 Å². The van der Waals surface area contributed by atoms with E-state index in [4.69, 9.17) is 9.47 Å². The molecule has 2 rings (SSSR count). The lowest BCUT2D eigenvalue weighted by atomic mass is 10.1. The summed E-state index contributed by atoms with van der Waals surface area (Å²) in [6, 6.07) is 9.27. The van der Waals surface area contributed by atoms with Crippen LogP contribution >= 0.6 is 0 Å². The number of rotatable bonds is 9. The van der Waals surface area contributed by atoms with Crippen LogP contribution in [0.3, 0.4) is 0 Å². The fourth-order valence-corrected chi connectivity index (χ4v) is 2.55. The van der Waals surface area contributed by atoms with Gasteiger partial charge in [0.1, 0.15) is 0 Å². The van der Waals surface area contributed by atoms with Crippen molar-refractivity contribution in [2.75, 3.05) is 20.3 Å². The highest BCUT2D eigenvalue weighted by atomic mass is 16.6. The summed E-state index contributed by atoms with van der Waals surface area (Å²) < 4.78 is 9.88. The highest BCUT2D eigenvalue weighted by Crippen LogP contribution is 2.28. The molecule has 0 unspecified atom stereocenters. The van der Waals surface area contributed by atoms with Crippen LogP contribution in [0, 0.1) is 10.1 Å². The Labute approximate surface area is 162 Å². The molecule has 148 valence electrons. The predicted octanol–water partition coefficient (Wildman–Crippen LogP) is 2.59. The molecule has 0 spiro atoms. The van der Waals surface area contributed by atoms with Crippen molar-refractivity contribution in [3.05, 3.63) is 64.0 Å². The van der Waals surface area contributed by atoms with Crippen LogP contribution in [-0.2, 0) is 16.1 Å². The van der Waals surface area contributed by atoms with Gasteiger partial charge in [0.15, 0.2) is 5.75 Å². The first-order chi connectivity index (χ1) is 13.5. The number of esters is 1. The largest absolute Gasteiger partial charge is 0.490 e. The lowest BCUT2D eigenvalue weighted by Crippen LogP contribution is -2.33. The summed E-state index contributed by atoms with van der Waals surface area (Å²) in [6.07, 6.45) is 1.60. The highest BCUT2D eigenvalue weighted by Gasteiger charge is 2.23. The van der Waals surface area contributed by atoms with Gasteiger partial charge < -0.3 is 14.4 Å². The van der Waals surface area contributed by atoms with Crippen molar-refractivity contribution in [2.24, 2.45) is 0 Å².